The summed E-state index contributed by atoms with van der Waals surface area (Å²) in [6, 6.07) is 7.96. The van der Waals surface area contributed by atoms with E-state index < -0.39 is 24.3 Å². The molecule has 172 valence electrons. The summed E-state index contributed by atoms with van der Waals surface area (Å²) in [6.07, 6.45) is -4.42. The molecule has 11 heteroatoms. The molecule has 0 saturated carbocycles. The number of methoxy groups -OCH3 is 1. The van der Waals surface area contributed by atoms with Crippen LogP contribution in [0.25, 0.3) is 0 Å². The van der Waals surface area contributed by atoms with Crippen LogP contribution in [0.1, 0.15) is 15.9 Å². The maximum Gasteiger partial charge on any atom is 0.416 e. The number of hydrogen-bond acceptors (Lipinski definition) is 5. The molecular weight excluding hydrogens is 451 g/mol. The lowest BCUT2D eigenvalue weighted by Crippen LogP contribution is -2.48. The molecule has 2 aromatic carbocycles. The summed E-state index contributed by atoms with van der Waals surface area (Å²) < 4.78 is 49.4. The van der Waals surface area contributed by atoms with Crippen molar-refractivity contribution in [3.05, 3.63) is 52.5 Å². The summed E-state index contributed by atoms with van der Waals surface area (Å²) >= 11 is 6.21. The van der Waals surface area contributed by atoms with Gasteiger partial charge >= 0.3 is 6.18 Å². The lowest BCUT2D eigenvalue weighted by molar-refractivity contribution is -0.137. The first-order valence-electron chi connectivity index (χ1n) is 9.60. The zero-order chi connectivity index (χ0) is 23.5. The predicted molar refractivity (Wildman–Crippen MR) is 112 cm³/mol. The molecule has 7 nitrogen and oxygen atoms in total. The Morgan fingerprint density at radius 1 is 1.12 bits per heavy atom. The van der Waals surface area contributed by atoms with Crippen LogP contribution in [0.5, 0.6) is 11.5 Å². The van der Waals surface area contributed by atoms with Crippen LogP contribution in [0, 0.1) is 0 Å². The number of carbonyl (C=O) groups is 2. The smallest absolute Gasteiger partial charge is 0.416 e. The van der Waals surface area contributed by atoms with Crippen molar-refractivity contribution < 1.29 is 32.2 Å². The Hall–Kier alpha value is -3.14. The number of anilines is 1. The van der Waals surface area contributed by atoms with Crippen LogP contribution in [0.4, 0.5) is 18.9 Å². The molecule has 0 unspecified atom stereocenters. The summed E-state index contributed by atoms with van der Waals surface area (Å²) in [5.74, 6) is -0.735. The zero-order valence-electron chi connectivity index (χ0n) is 17.1. The van der Waals surface area contributed by atoms with Crippen LogP contribution < -0.4 is 20.1 Å². The average Bonchev–Trinajstić information content (AvgIpc) is 2.76. The van der Waals surface area contributed by atoms with Crippen molar-refractivity contribution in [2.24, 2.45) is 5.73 Å². The molecule has 0 aromatic heterocycles. The van der Waals surface area contributed by atoms with Crippen molar-refractivity contribution in [2.45, 2.75) is 6.18 Å². The number of piperazine rings is 1. The number of halogens is 4. The van der Waals surface area contributed by atoms with E-state index in [1.54, 1.807) is 15.9 Å². The molecule has 2 amide bonds. The van der Waals surface area contributed by atoms with E-state index in [9.17, 15) is 22.8 Å². The Bertz CT molecular complexity index is 1010. The first-order chi connectivity index (χ1) is 15.1. The van der Waals surface area contributed by atoms with Crippen LogP contribution in [0.15, 0.2) is 36.4 Å². The van der Waals surface area contributed by atoms with Gasteiger partial charge in [-0.05, 0) is 30.3 Å². The number of alkyl halides is 3. The fourth-order valence-electron chi connectivity index (χ4n) is 3.36. The van der Waals surface area contributed by atoms with Crippen molar-refractivity contribution in [2.75, 3.05) is 44.8 Å². The van der Waals surface area contributed by atoms with Crippen molar-refractivity contribution in [3.8, 4) is 11.5 Å². The molecule has 0 atom stereocenters. The third kappa shape index (κ3) is 5.37. The zero-order valence-corrected chi connectivity index (χ0v) is 17.9. The summed E-state index contributed by atoms with van der Waals surface area (Å²) in [6.45, 7) is 0.972. The van der Waals surface area contributed by atoms with Gasteiger partial charge in [-0.15, -0.1) is 0 Å². The fraction of sp³-hybridized carbons (Fsp3) is 0.333. The minimum absolute atomic E-state index is 0.0801. The van der Waals surface area contributed by atoms with Gasteiger partial charge in [-0.2, -0.15) is 13.2 Å². The molecule has 0 bridgehead atoms. The highest BCUT2D eigenvalue weighted by Crippen LogP contribution is 2.37. The molecule has 2 aromatic rings. The number of benzene rings is 2. The number of ether oxygens (including phenoxy) is 2. The first kappa shape index (κ1) is 23.5. The molecule has 0 radical (unpaired) electrons. The molecule has 0 aliphatic carbocycles. The van der Waals surface area contributed by atoms with Crippen molar-refractivity contribution in [3.63, 3.8) is 0 Å². The number of hydrogen-bond donors (Lipinski definition) is 1. The van der Waals surface area contributed by atoms with Crippen LogP contribution in [-0.4, -0.2) is 56.6 Å². The molecular formula is C21H21ClF3N3O4. The number of nitrogens with two attached hydrogens (primary N) is 1. The number of primary amides is 1. The van der Waals surface area contributed by atoms with Crippen LogP contribution in [-0.2, 0) is 11.0 Å². The highest BCUT2D eigenvalue weighted by Gasteiger charge is 2.31. The summed E-state index contributed by atoms with van der Waals surface area (Å²) in [5.41, 5.74) is 5.06. The van der Waals surface area contributed by atoms with Gasteiger partial charge in [-0.25, -0.2) is 0 Å². The normalized spacial score (nSPS) is 14.3. The van der Waals surface area contributed by atoms with Gasteiger partial charge in [0.05, 0.1) is 17.7 Å². The van der Waals surface area contributed by atoms with E-state index >= 15 is 0 Å². The van der Waals surface area contributed by atoms with E-state index in [1.165, 1.54) is 25.3 Å². The van der Waals surface area contributed by atoms with Gasteiger partial charge in [0.15, 0.2) is 18.1 Å². The maximum atomic E-state index is 13.0. The number of amides is 2. The minimum atomic E-state index is -4.42. The molecule has 3 rings (SSSR count). The summed E-state index contributed by atoms with van der Waals surface area (Å²) in [5, 5.41) is 0.0801. The molecule has 1 heterocycles. The minimum Gasteiger partial charge on any atom is -0.493 e. The Morgan fingerprint density at radius 2 is 1.81 bits per heavy atom. The number of carbonyl (C=O) groups excluding carboxylic acids is 2. The molecule has 1 aliphatic rings. The Morgan fingerprint density at radius 3 is 2.41 bits per heavy atom. The second-order valence-electron chi connectivity index (χ2n) is 7.07. The largest absolute Gasteiger partial charge is 0.493 e. The van der Waals surface area contributed by atoms with Gasteiger partial charge in [0.25, 0.3) is 11.8 Å². The van der Waals surface area contributed by atoms with E-state index in [2.05, 4.69) is 0 Å². The Balaban J connectivity index is 1.70. The van der Waals surface area contributed by atoms with E-state index in [1.807, 2.05) is 0 Å². The number of nitrogens with zero attached hydrogens (tertiary/aromatic N) is 2. The second kappa shape index (κ2) is 9.56. The quantitative estimate of drug-likeness (QED) is 0.699. The lowest BCUT2D eigenvalue weighted by Gasteiger charge is -2.36. The molecule has 1 aliphatic heterocycles. The van der Waals surface area contributed by atoms with E-state index in [0.717, 1.165) is 12.1 Å². The third-order valence-corrected chi connectivity index (χ3v) is 5.22. The van der Waals surface area contributed by atoms with Gasteiger partial charge in [-0.1, -0.05) is 17.7 Å². The molecule has 2 N–H and O–H groups in total. The summed E-state index contributed by atoms with van der Waals surface area (Å²) in [7, 11) is 1.37. The van der Waals surface area contributed by atoms with E-state index in [-0.39, 0.29) is 28.0 Å². The first-order valence-corrected chi connectivity index (χ1v) is 9.98. The summed E-state index contributed by atoms with van der Waals surface area (Å²) in [4.78, 5) is 27.3. The van der Waals surface area contributed by atoms with Crippen LogP contribution in [0.3, 0.4) is 0 Å². The van der Waals surface area contributed by atoms with Gasteiger partial charge in [0, 0.05) is 37.4 Å². The molecule has 1 fully saturated rings. The van der Waals surface area contributed by atoms with E-state index in [0.29, 0.717) is 31.9 Å². The van der Waals surface area contributed by atoms with Gasteiger partial charge in [0.2, 0.25) is 0 Å². The van der Waals surface area contributed by atoms with Crippen molar-refractivity contribution >= 4 is 29.1 Å². The van der Waals surface area contributed by atoms with Crippen molar-refractivity contribution in [1.82, 2.24) is 4.90 Å². The second-order valence-corrected chi connectivity index (χ2v) is 7.48. The molecule has 1 saturated heterocycles. The lowest BCUT2D eigenvalue weighted by atomic mass is 10.1. The van der Waals surface area contributed by atoms with Gasteiger partial charge in [-0.3, -0.25) is 9.59 Å². The SMILES string of the molecule is COc1cc(C(=O)N2CCN(c3cccc(C(F)(F)F)c3)CC2)cc(Cl)c1OCC(N)=O. The van der Waals surface area contributed by atoms with Crippen LogP contribution in [0.2, 0.25) is 5.02 Å². The van der Waals surface area contributed by atoms with Crippen LogP contribution >= 0.6 is 11.6 Å². The standard InChI is InChI=1S/C21H21ClF3N3O4/c1-31-17-10-13(9-16(22)19(17)32-12-18(26)29)20(30)28-7-5-27(6-8-28)15-4-2-3-14(11-15)21(23,24)25/h2-4,9-11H,5-8,12H2,1H3,(H2,26,29). The predicted octanol–water partition coefficient (Wildman–Crippen LogP) is 3.19. The average molecular weight is 472 g/mol. The molecule has 0 spiro atoms. The highest BCUT2D eigenvalue weighted by atomic mass is 35.5. The Labute approximate surface area is 187 Å². The van der Waals surface area contributed by atoms with Crippen molar-refractivity contribution in [1.29, 1.82) is 0 Å². The van der Waals surface area contributed by atoms with Gasteiger partial charge in [0.1, 0.15) is 0 Å². The molecule has 32 heavy (non-hydrogen) atoms. The van der Waals surface area contributed by atoms with Gasteiger partial charge < -0.3 is 25.0 Å². The van der Waals surface area contributed by atoms with E-state index in [4.69, 9.17) is 26.8 Å². The third-order valence-electron chi connectivity index (χ3n) is 4.94. The fourth-order valence-corrected chi connectivity index (χ4v) is 3.62. The Kier molecular flexibility index (Phi) is 7.02. The highest BCUT2D eigenvalue weighted by molar-refractivity contribution is 6.32. The maximum absolute atomic E-state index is 13.0. The number of rotatable bonds is 6. The topological polar surface area (TPSA) is 85.1 Å². The monoisotopic (exact) mass is 471 g/mol.